The van der Waals surface area contributed by atoms with Gasteiger partial charge in [-0.25, -0.2) is 9.59 Å². The van der Waals surface area contributed by atoms with E-state index in [1.807, 2.05) is 12.2 Å². The monoisotopic (exact) mass is 271 g/mol. The molecular formula is C11H17N3O5. The lowest BCUT2D eigenvalue weighted by molar-refractivity contribution is -0.142. The van der Waals surface area contributed by atoms with Gasteiger partial charge < -0.3 is 15.3 Å². The summed E-state index contributed by atoms with van der Waals surface area (Å²) < 4.78 is 0. The van der Waals surface area contributed by atoms with Crippen molar-refractivity contribution in [3.8, 4) is 0 Å². The van der Waals surface area contributed by atoms with Crippen LogP contribution >= 0.6 is 0 Å². The van der Waals surface area contributed by atoms with Gasteiger partial charge in [-0.2, -0.15) is 0 Å². The molecule has 3 N–H and O–H groups in total. The number of hydrogen-bond acceptors (Lipinski definition) is 4. The number of aliphatic carboxylic acids is 1. The Labute approximate surface area is 110 Å². The first-order chi connectivity index (χ1) is 8.93. The van der Waals surface area contributed by atoms with Crippen molar-refractivity contribution < 1.29 is 24.3 Å². The second-order valence-corrected chi connectivity index (χ2v) is 4.31. The maximum atomic E-state index is 11.6. The third-order valence-electron chi connectivity index (χ3n) is 2.68. The van der Waals surface area contributed by atoms with E-state index in [1.54, 1.807) is 0 Å². The molecule has 0 radical (unpaired) electrons. The van der Waals surface area contributed by atoms with Crippen molar-refractivity contribution in [1.29, 1.82) is 0 Å². The Kier molecular flexibility index (Phi) is 5.28. The summed E-state index contributed by atoms with van der Waals surface area (Å²) in [5.74, 6) is -2.17. The van der Waals surface area contributed by atoms with Crippen LogP contribution in [0.15, 0.2) is 0 Å². The molecule has 0 aromatic carbocycles. The molecule has 0 bridgehead atoms. The van der Waals surface area contributed by atoms with Gasteiger partial charge >= 0.3 is 12.0 Å². The van der Waals surface area contributed by atoms with Crippen molar-refractivity contribution in [2.75, 3.05) is 13.1 Å². The van der Waals surface area contributed by atoms with Crippen molar-refractivity contribution in [1.82, 2.24) is 15.5 Å². The third kappa shape index (κ3) is 4.57. The highest BCUT2D eigenvalue weighted by Gasteiger charge is 2.29. The SMILES string of the molecule is CCCCC(NC(=O)CN1CC(=O)NC1=O)C(=O)O. The number of nitrogens with one attached hydrogen (secondary N) is 2. The highest BCUT2D eigenvalue weighted by molar-refractivity contribution is 6.03. The second-order valence-electron chi connectivity index (χ2n) is 4.31. The van der Waals surface area contributed by atoms with Gasteiger partial charge in [0.05, 0.1) is 0 Å². The van der Waals surface area contributed by atoms with Crippen molar-refractivity contribution in [3.63, 3.8) is 0 Å². The molecule has 1 rings (SSSR count). The van der Waals surface area contributed by atoms with E-state index in [-0.39, 0.29) is 13.1 Å². The Balaban J connectivity index is 2.46. The highest BCUT2D eigenvalue weighted by Crippen LogP contribution is 2.02. The third-order valence-corrected chi connectivity index (χ3v) is 2.68. The maximum absolute atomic E-state index is 11.6. The van der Waals surface area contributed by atoms with Crippen LogP contribution in [-0.2, 0) is 14.4 Å². The Morgan fingerprint density at radius 2 is 2.16 bits per heavy atom. The van der Waals surface area contributed by atoms with E-state index in [2.05, 4.69) is 5.32 Å². The zero-order valence-corrected chi connectivity index (χ0v) is 10.6. The molecule has 1 aliphatic heterocycles. The Hall–Kier alpha value is -2.12. The summed E-state index contributed by atoms with van der Waals surface area (Å²) >= 11 is 0. The lowest BCUT2D eigenvalue weighted by atomic mass is 10.1. The van der Waals surface area contributed by atoms with E-state index >= 15 is 0 Å². The Morgan fingerprint density at radius 3 is 2.63 bits per heavy atom. The van der Waals surface area contributed by atoms with Crippen LogP contribution in [-0.4, -0.2) is 53.0 Å². The summed E-state index contributed by atoms with van der Waals surface area (Å²) in [4.78, 5) is 45.7. The summed E-state index contributed by atoms with van der Waals surface area (Å²) in [7, 11) is 0. The first-order valence-corrected chi connectivity index (χ1v) is 6.05. The van der Waals surface area contributed by atoms with Crippen LogP contribution in [0.1, 0.15) is 26.2 Å². The van der Waals surface area contributed by atoms with Gasteiger partial charge in [0.1, 0.15) is 19.1 Å². The standard InChI is InChI=1S/C11H17N3O5/c1-2-3-4-7(10(17)18)12-8(15)5-14-6-9(16)13-11(14)19/h7H,2-6H2,1H3,(H,12,15)(H,17,18)(H,13,16,19). The zero-order chi connectivity index (χ0) is 14.4. The van der Waals surface area contributed by atoms with E-state index < -0.39 is 29.9 Å². The molecule has 1 aliphatic rings. The molecule has 8 heteroatoms. The Morgan fingerprint density at radius 1 is 1.47 bits per heavy atom. The van der Waals surface area contributed by atoms with E-state index in [1.165, 1.54) is 0 Å². The van der Waals surface area contributed by atoms with E-state index in [0.29, 0.717) is 12.8 Å². The topological polar surface area (TPSA) is 116 Å². The van der Waals surface area contributed by atoms with Crippen molar-refractivity contribution in [2.24, 2.45) is 0 Å². The minimum Gasteiger partial charge on any atom is -0.480 e. The molecule has 1 unspecified atom stereocenters. The van der Waals surface area contributed by atoms with Gasteiger partial charge in [0.25, 0.3) is 0 Å². The number of urea groups is 1. The highest BCUT2D eigenvalue weighted by atomic mass is 16.4. The number of carbonyl (C=O) groups is 4. The number of nitrogens with zero attached hydrogens (tertiary/aromatic N) is 1. The van der Waals surface area contributed by atoms with Gasteiger partial charge in [0, 0.05) is 0 Å². The van der Waals surface area contributed by atoms with Crippen LogP contribution in [0.4, 0.5) is 4.79 Å². The van der Waals surface area contributed by atoms with Gasteiger partial charge in [-0.1, -0.05) is 19.8 Å². The van der Waals surface area contributed by atoms with Gasteiger partial charge in [0.2, 0.25) is 11.8 Å². The number of hydrogen-bond donors (Lipinski definition) is 3. The summed E-state index contributed by atoms with van der Waals surface area (Å²) in [5, 5.41) is 13.3. The Bertz CT molecular complexity index is 396. The minimum atomic E-state index is -1.11. The largest absolute Gasteiger partial charge is 0.480 e. The number of carbonyl (C=O) groups excluding carboxylic acids is 3. The van der Waals surface area contributed by atoms with E-state index in [0.717, 1.165) is 11.3 Å². The smallest absolute Gasteiger partial charge is 0.326 e. The number of rotatable bonds is 7. The predicted octanol–water partition coefficient (Wildman–Crippen LogP) is -0.702. The number of imide groups is 1. The second kappa shape index (κ2) is 6.72. The molecule has 0 aliphatic carbocycles. The normalized spacial score (nSPS) is 16.2. The minimum absolute atomic E-state index is 0.182. The average Bonchev–Trinajstić information content (AvgIpc) is 2.62. The number of amides is 4. The molecule has 0 spiro atoms. The van der Waals surface area contributed by atoms with E-state index in [9.17, 15) is 19.2 Å². The molecule has 1 atom stereocenters. The fourth-order valence-corrected chi connectivity index (χ4v) is 1.69. The van der Waals surface area contributed by atoms with Crippen LogP contribution in [0.5, 0.6) is 0 Å². The molecule has 1 saturated heterocycles. The first-order valence-electron chi connectivity index (χ1n) is 6.05. The van der Waals surface area contributed by atoms with Crippen LogP contribution < -0.4 is 10.6 Å². The zero-order valence-electron chi connectivity index (χ0n) is 10.6. The molecule has 0 saturated carbocycles. The first kappa shape index (κ1) is 14.9. The van der Waals surface area contributed by atoms with E-state index in [4.69, 9.17) is 5.11 Å². The molecule has 19 heavy (non-hydrogen) atoms. The fraction of sp³-hybridized carbons (Fsp3) is 0.636. The van der Waals surface area contributed by atoms with Crippen LogP contribution in [0.2, 0.25) is 0 Å². The van der Waals surface area contributed by atoms with Crippen molar-refractivity contribution >= 4 is 23.8 Å². The lowest BCUT2D eigenvalue weighted by Crippen LogP contribution is -2.46. The summed E-state index contributed by atoms with van der Waals surface area (Å²) in [6.07, 6.45) is 1.84. The molecular weight excluding hydrogens is 254 g/mol. The molecule has 0 aromatic heterocycles. The van der Waals surface area contributed by atoms with Crippen LogP contribution in [0.25, 0.3) is 0 Å². The number of carboxylic acid groups (broad SMARTS) is 1. The fourth-order valence-electron chi connectivity index (χ4n) is 1.69. The van der Waals surface area contributed by atoms with Crippen LogP contribution in [0.3, 0.4) is 0 Å². The van der Waals surface area contributed by atoms with Crippen molar-refractivity contribution in [2.45, 2.75) is 32.2 Å². The number of carboxylic acids is 1. The molecule has 1 heterocycles. The predicted molar refractivity (Wildman–Crippen MR) is 64.2 cm³/mol. The average molecular weight is 271 g/mol. The molecule has 4 amide bonds. The summed E-state index contributed by atoms with van der Waals surface area (Å²) in [6, 6.07) is -1.60. The van der Waals surface area contributed by atoms with Gasteiger partial charge in [0.15, 0.2) is 0 Å². The summed E-state index contributed by atoms with van der Waals surface area (Å²) in [6.45, 7) is 1.41. The molecule has 0 aromatic rings. The maximum Gasteiger partial charge on any atom is 0.326 e. The number of unbranched alkanes of at least 4 members (excludes halogenated alkanes) is 1. The van der Waals surface area contributed by atoms with Gasteiger partial charge in [-0.3, -0.25) is 14.9 Å². The van der Waals surface area contributed by atoms with Gasteiger partial charge in [-0.15, -0.1) is 0 Å². The van der Waals surface area contributed by atoms with Gasteiger partial charge in [-0.05, 0) is 6.42 Å². The quantitative estimate of drug-likeness (QED) is 0.529. The van der Waals surface area contributed by atoms with Crippen molar-refractivity contribution in [3.05, 3.63) is 0 Å². The summed E-state index contributed by atoms with van der Waals surface area (Å²) in [5.41, 5.74) is 0. The molecule has 106 valence electrons. The molecule has 1 fully saturated rings. The van der Waals surface area contributed by atoms with Crippen LogP contribution in [0, 0.1) is 0 Å². The molecule has 8 nitrogen and oxygen atoms in total. The lowest BCUT2D eigenvalue weighted by Gasteiger charge is -2.17.